The lowest BCUT2D eigenvalue weighted by Crippen LogP contribution is -2.04. The van der Waals surface area contributed by atoms with Crippen LogP contribution in [-0.4, -0.2) is 28.3 Å². The normalized spacial score (nSPS) is 10.3. The summed E-state index contributed by atoms with van der Waals surface area (Å²) in [4.78, 5) is 8.49. The molecule has 0 amide bonds. The summed E-state index contributed by atoms with van der Waals surface area (Å²) >= 11 is 1.64. The van der Waals surface area contributed by atoms with Gasteiger partial charge in [-0.05, 0) is 13.0 Å². The number of aliphatic hydroxyl groups excluding tert-OH is 1. The van der Waals surface area contributed by atoms with Crippen molar-refractivity contribution in [1.29, 1.82) is 0 Å². The van der Waals surface area contributed by atoms with Crippen LogP contribution < -0.4 is 10.1 Å². The monoisotopic (exact) mass is 265 g/mol. The van der Waals surface area contributed by atoms with Crippen molar-refractivity contribution in [3.05, 3.63) is 34.4 Å². The Balaban J connectivity index is 1.86. The van der Waals surface area contributed by atoms with Crippen molar-refractivity contribution in [3.8, 4) is 5.88 Å². The van der Waals surface area contributed by atoms with Gasteiger partial charge in [0.1, 0.15) is 11.6 Å². The zero-order valence-electron chi connectivity index (χ0n) is 10.1. The maximum atomic E-state index is 8.62. The molecule has 0 saturated carbocycles. The highest BCUT2D eigenvalue weighted by molar-refractivity contribution is 7.09. The van der Waals surface area contributed by atoms with Gasteiger partial charge in [0.15, 0.2) is 0 Å². The average molecular weight is 265 g/mol. The summed E-state index contributed by atoms with van der Waals surface area (Å²) in [5.41, 5.74) is 1.96. The Labute approximate surface area is 109 Å². The number of thiazole rings is 1. The Kier molecular flexibility index (Phi) is 4.49. The van der Waals surface area contributed by atoms with Gasteiger partial charge in [-0.3, -0.25) is 0 Å². The zero-order chi connectivity index (χ0) is 12.8. The number of rotatable bonds is 6. The molecular formula is C12H15N3O2S. The minimum atomic E-state index is -0.00885. The van der Waals surface area contributed by atoms with Gasteiger partial charge in [-0.15, -0.1) is 11.3 Å². The Morgan fingerprint density at radius 2 is 2.33 bits per heavy atom. The summed E-state index contributed by atoms with van der Waals surface area (Å²) in [7, 11) is 0. The van der Waals surface area contributed by atoms with Crippen LogP contribution in [0.15, 0.2) is 23.7 Å². The zero-order valence-corrected chi connectivity index (χ0v) is 10.9. The van der Waals surface area contributed by atoms with Crippen LogP contribution in [0.5, 0.6) is 5.88 Å². The third-order valence-corrected chi connectivity index (χ3v) is 3.15. The maximum absolute atomic E-state index is 8.62. The number of hydrogen-bond donors (Lipinski definition) is 2. The fourth-order valence-corrected chi connectivity index (χ4v) is 2.09. The van der Waals surface area contributed by atoms with E-state index in [1.807, 2.05) is 18.4 Å². The number of nitrogens with one attached hydrogen (secondary N) is 1. The standard InChI is InChI=1S/C12H15N3O2S/c1-9-8-18-12(15-9)7-13-10-2-3-11(14-6-10)17-5-4-16/h2-3,6,8,13,16H,4-5,7H2,1H3. The van der Waals surface area contributed by atoms with Crippen LogP contribution in [0.1, 0.15) is 10.7 Å². The van der Waals surface area contributed by atoms with Crippen molar-refractivity contribution in [2.75, 3.05) is 18.5 Å². The van der Waals surface area contributed by atoms with Crippen molar-refractivity contribution in [1.82, 2.24) is 9.97 Å². The van der Waals surface area contributed by atoms with E-state index in [9.17, 15) is 0 Å². The van der Waals surface area contributed by atoms with Crippen LogP contribution in [0.4, 0.5) is 5.69 Å². The summed E-state index contributed by atoms with van der Waals surface area (Å²) < 4.78 is 5.18. The fourth-order valence-electron chi connectivity index (χ4n) is 1.38. The van der Waals surface area contributed by atoms with Gasteiger partial charge in [-0.1, -0.05) is 0 Å². The van der Waals surface area contributed by atoms with Crippen LogP contribution in [-0.2, 0) is 6.54 Å². The van der Waals surface area contributed by atoms with E-state index in [0.717, 1.165) is 16.4 Å². The molecule has 0 fully saturated rings. The molecule has 0 bridgehead atoms. The third-order valence-electron chi connectivity index (χ3n) is 2.19. The molecule has 0 aromatic carbocycles. The molecule has 2 heterocycles. The molecule has 0 atom stereocenters. The summed E-state index contributed by atoms with van der Waals surface area (Å²) in [6.07, 6.45) is 1.70. The second kappa shape index (κ2) is 6.32. The number of aliphatic hydroxyl groups is 1. The molecule has 0 aliphatic carbocycles. The smallest absolute Gasteiger partial charge is 0.213 e. The number of nitrogens with zero attached hydrogens (tertiary/aromatic N) is 2. The Morgan fingerprint density at radius 3 is 2.94 bits per heavy atom. The molecule has 0 aliphatic heterocycles. The van der Waals surface area contributed by atoms with Gasteiger partial charge in [0.2, 0.25) is 5.88 Å². The molecule has 6 heteroatoms. The van der Waals surface area contributed by atoms with Gasteiger partial charge < -0.3 is 15.2 Å². The molecule has 18 heavy (non-hydrogen) atoms. The first-order valence-corrected chi connectivity index (χ1v) is 6.50. The van der Waals surface area contributed by atoms with Crippen molar-refractivity contribution in [2.45, 2.75) is 13.5 Å². The molecule has 2 aromatic heterocycles. The Morgan fingerprint density at radius 1 is 1.44 bits per heavy atom. The number of aryl methyl sites for hydroxylation is 1. The highest BCUT2D eigenvalue weighted by Crippen LogP contribution is 2.14. The molecule has 0 aliphatic rings. The first kappa shape index (κ1) is 12.8. The van der Waals surface area contributed by atoms with Crippen molar-refractivity contribution < 1.29 is 9.84 Å². The summed E-state index contributed by atoms with van der Waals surface area (Å²) in [5, 5.41) is 14.9. The highest BCUT2D eigenvalue weighted by Gasteiger charge is 2.00. The lowest BCUT2D eigenvalue weighted by Gasteiger charge is -2.06. The van der Waals surface area contributed by atoms with Crippen LogP contribution in [0.2, 0.25) is 0 Å². The minimum absolute atomic E-state index is 0.00885. The van der Waals surface area contributed by atoms with Crippen molar-refractivity contribution >= 4 is 17.0 Å². The Hall–Kier alpha value is -1.66. The van der Waals surface area contributed by atoms with E-state index in [4.69, 9.17) is 9.84 Å². The molecule has 96 valence electrons. The predicted molar refractivity (Wildman–Crippen MR) is 71.0 cm³/mol. The highest BCUT2D eigenvalue weighted by atomic mass is 32.1. The minimum Gasteiger partial charge on any atom is -0.475 e. The van der Waals surface area contributed by atoms with E-state index in [1.165, 1.54) is 0 Å². The molecule has 2 N–H and O–H groups in total. The predicted octanol–water partition coefficient (Wildman–Crippen LogP) is 1.83. The third kappa shape index (κ3) is 3.68. The molecule has 0 radical (unpaired) electrons. The quantitative estimate of drug-likeness (QED) is 0.834. The van der Waals surface area contributed by atoms with Gasteiger partial charge in [0.25, 0.3) is 0 Å². The van der Waals surface area contributed by atoms with E-state index < -0.39 is 0 Å². The summed E-state index contributed by atoms with van der Waals surface area (Å²) in [6, 6.07) is 3.66. The fraction of sp³-hybridized carbons (Fsp3) is 0.333. The summed E-state index contributed by atoms with van der Waals surface area (Å²) in [6.45, 7) is 2.93. The lowest BCUT2D eigenvalue weighted by molar-refractivity contribution is 0.196. The second-order valence-corrected chi connectivity index (χ2v) is 4.64. The van der Waals surface area contributed by atoms with E-state index in [1.54, 1.807) is 23.6 Å². The largest absolute Gasteiger partial charge is 0.475 e. The number of anilines is 1. The van der Waals surface area contributed by atoms with Crippen molar-refractivity contribution in [3.63, 3.8) is 0 Å². The molecule has 2 rings (SSSR count). The second-order valence-electron chi connectivity index (χ2n) is 3.69. The van der Waals surface area contributed by atoms with E-state index in [-0.39, 0.29) is 13.2 Å². The van der Waals surface area contributed by atoms with Gasteiger partial charge in [-0.2, -0.15) is 0 Å². The SMILES string of the molecule is Cc1csc(CNc2ccc(OCCO)nc2)n1. The van der Waals surface area contributed by atoms with Crippen LogP contribution >= 0.6 is 11.3 Å². The van der Waals surface area contributed by atoms with E-state index in [2.05, 4.69) is 15.3 Å². The van der Waals surface area contributed by atoms with Crippen LogP contribution in [0, 0.1) is 6.92 Å². The van der Waals surface area contributed by atoms with Crippen LogP contribution in [0.3, 0.4) is 0 Å². The van der Waals surface area contributed by atoms with Gasteiger partial charge in [0.05, 0.1) is 25.0 Å². The lowest BCUT2D eigenvalue weighted by atomic mass is 10.4. The Bertz CT molecular complexity index is 484. The molecule has 2 aromatic rings. The van der Waals surface area contributed by atoms with E-state index in [0.29, 0.717) is 12.4 Å². The number of hydrogen-bond acceptors (Lipinski definition) is 6. The first-order chi connectivity index (χ1) is 8.78. The number of ether oxygens (including phenoxy) is 1. The molecule has 0 unspecified atom stereocenters. The summed E-state index contributed by atoms with van der Waals surface area (Å²) in [5.74, 6) is 0.514. The topological polar surface area (TPSA) is 67.3 Å². The molecule has 0 spiro atoms. The number of aromatic nitrogens is 2. The number of pyridine rings is 1. The molecular weight excluding hydrogens is 250 g/mol. The van der Waals surface area contributed by atoms with E-state index >= 15 is 0 Å². The molecule has 0 saturated heterocycles. The van der Waals surface area contributed by atoms with Crippen molar-refractivity contribution in [2.24, 2.45) is 0 Å². The molecule has 5 nitrogen and oxygen atoms in total. The average Bonchev–Trinajstić information content (AvgIpc) is 2.81. The first-order valence-electron chi connectivity index (χ1n) is 5.62. The maximum Gasteiger partial charge on any atom is 0.213 e. The van der Waals surface area contributed by atoms with Gasteiger partial charge in [0, 0.05) is 17.1 Å². The van der Waals surface area contributed by atoms with Gasteiger partial charge >= 0.3 is 0 Å². The van der Waals surface area contributed by atoms with Gasteiger partial charge in [-0.25, -0.2) is 9.97 Å². The van der Waals surface area contributed by atoms with Crippen LogP contribution in [0.25, 0.3) is 0 Å².